The lowest BCUT2D eigenvalue weighted by Crippen LogP contribution is -2.14. The Morgan fingerprint density at radius 3 is 2.60 bits per heavy atom. The van der Waals surface area contributed by atoms with E-state index in [4.69, 9.17) is 9.47 Å². The smallest absolute Gasteiger partial charge is 0.308 e. The first-order chi connectivity index (χ1) is 7.22. The van der Waals surface area contributed by atoms with Crippen LogP contribution >= 0.6 is 0 Å². The van der Waals surface area contributed by atoms with Crippen molar-refractivity contribution in [2.24, 2.45) is 0 Å². The van der Waals surface area contributed by atoms with Gasteiger partial charge in [0.05, 0.1) is 12.5 Å². The molecule has 0 spiro atoms. The molecule has 3 heteroatoms. The number of methoxy groups -OCH3 is 1. The number of rotatable bonds is 5. The van der Waals surface area contributed by atoms with Crippen molar-refractivity contribution in [1.29, 1.82) is 0 Å². The molecule has 82 valence electrons. The highest BCUT2D eigenvalue weighted by Gasteiger charge is 2.08. The van der Waals surface area contributed by atoms with Gasteiger partial charge in [-0.25, -0.2) is 0 Å². The molecular weight excluding hydrogens is 192 g/mol. The van der Waals surface area contributed by atoms with Gasteiger partial charge in [0, 0.05) is 7.11 Å². The summed E-state index contributed by atoms with van der Waals surface area (Å²) in [6.07, 6.45) is 0.205. The second-order valence-corrected chi connectivity index (χ2v) is 3.40. The van der Waals surface area contributed by atoms with Gasteiger partial charge in [-0.3, -0.25) is 4.79 Å². The van der Waals surface area contributed by atoms with Crippen LogP contribution in [-0.4, -0.2) is 19.2 Å². The van der Waals surface area contributed by atoms with Crippen molar-refractivity contribution in [3.05, 3.63) is 35.9 Å². The second kappa shape index (κ2) is 6.19. The van der Waals surface area contributed by atoms with Gasteiger partial charge in [-0.2, -0.15) is 0 Å². The van der Waals surface area contributed by atoms with Crippen LogP contribution in [0.25, 0.3) is 0 Å². The van der Waals surface area contributed by atoms with Gasteiger partial charge in [0.1, 0.15) is 6.61 Å². The molecule has 0 aromatic heterocycles. The van der Waals surface area contributed by atoms with Crippen molar-refractivity contribution in [1.82, 2.24) is 0 Å². The van der Waals surface area contributed by atoms with Crippen LogP contribution in [0.5, 0.6) is 0 Å². The zero-order valence-corrected chi connectivity index (χ0v) is 9.10. The highest BCUT2D eigenvalue weighted by molar-refractivity contribution is 5.69. The molecule has 0 heterocycles. The van der Waals surface area contributed by atoms with Gasteiger partial charge in [-0.1, -0.05) is 30.3 Å². The first kappa shape index (κ1) is 11.7. The van der Waals surface area contributed by atoms with E-state index in [1.807, 2.05) is 37.3 Å². The highest BCUT2D eigenvalue weighted by atomic mass is 16.5. The van der Waals surface area contributed by atoms with Crippen LogP contribution < -0.4 is 0 Å². The maximum absolute atomic E-state index is 11.3. The predicted octanol–water partition coefficient (Wildman–Crippen LogP) is 2.15. The lowest BCUT2D eigenvalue weighted by atomic mass is 10.2. The van der Waals surface area contributed by atoms with E-state index in [9.17, 15) is 4.79 Å². The third-order valence-corrected chi connectivity index (χ3v) is 2.10. The SMILES string of the molecule is COC(C)CC(=O)OCc1ccccc1. The standard InChI is InChI=1S/C12H16O3/c1-10(14-2)8-12(13)15-9-11-6-4-3-5-7-11/h3-7,10H,8-9H2,1-2H3. The van der Waals surface area contributed by atoms with Gasteiger partial charge >= 0.3 is 5.97 Å². The van der Waals surface area contributed by atoms with Gasteiger partial charge < -0.3 is 9.47 Å². The molecule has 0 saturated carbocycles. The molecule has 1 aromatic carbocycles. The fraction of sp³-hybridized carbons (Fsp3) is 0.417. The summed E-state index contributed by atoms with van der Waals surface area (Å²) in [5.41, 5.74) is 0.996. The van der Waals surface area contributed by atoms with E-state index < -0.39 is 0 Å². The molecule has 0 bridgehead atoms. The normalized spacial score (nSPS) is 12.1. The molecule has 0 amide bonds. The molecular formula is C12H16O3. The maximum atomic E-state index is 11.3. The molecule has 0 N–H and O–H groups in total. The third-order valence-electron chi connectivity index (χ3n) is 2.10. The van der Waals surface area contributed by atoms with Crippen LogP contribution in [0.1, 0.15) is 18.9 Å². The minimum atomic E-state index is -0.229. The number of carbonyl (C=O) groups excluding carboxylic acids is 1. The molecule has 1 rings (SSSR count). The lowest BCUT2D eigenvalue weighted by Gasteiger charge is -2.09. The Balaban J connectivity index is 2.29. The molecule has 15 heavy (non-hydrogen) atoms. The largest absolute Gasteiger partial charge is 0.461 e. The second-order valence-electron chi connectivity index (χ2n) is 3.40. The summed E-state index contributed by atoms with van der Waals surface area (Å²) in [7, 11) is 1.58. The number of hydrogen-bond donors (Lipinski definition) is 0. The first-order valence-corrected chi connectivity index (χ1v) is 4.94. The molecule has 0 aliphatic carbocycles. The van der Waals surface area contributed by atoms with E-state index >= 15 is 0 Å². The van der Waals surface area contributed by atoms with Crippen molar-refractivity contribution < 1.29 is 14.3 Å². The number of hydrogen-bond acceptors (Lipinski definition) is 3. The summed E-state index contributed by atoms with van der Waals surface area (Å²) in [6.45, 7) is 2.17. The van der Waals surface area contributed by atoms with Crippen LogP contribution in [-0.2, 0) is 20.9 Å². The number of ether oxygens (including phenoxy) is 2. The van der Waals surface area contributed by atoms with E-state index in [2.05, 4.69) is 0 Å². The number of benzene rings is 1. The summed E-state index contributed by atoms with van der Waals surface area (Å²) < 4.78 is 10.1. The quantitative estimate of drug-likeness (QED) is 0.695. The molecule has 0 aliphatic heterocycles. The fourth-order valence-electron chi connectivity index (χ4n) is 1.12. The summed E-state index contributed by atoms with van der Waals surface area (Å²) >= 11 is 0. The zero-order valence-electron chi connectivity index (χ0n) is 9.10. The maximum Gasteiger partial charge on any atom is 0.308 e. The summed E-state index contributed by atoms with van der Waals surface area (Å²) in [5.74, 6) is -0.229. The van der Waals surface area contributed by atoms with Crippen molar-refractivity contribution in [2.75, 3.05) is 7.11 Å². The summed E-state index contributed by atoms with van der Waals surface area (Å²) in [4.78, 5) is 11.3. The Hall–Kier alpha value is -1.35. The van der Waals surface area contributed by atoms with E-state index in [0.29, 0.717) is 13.0 Å². The summed E-state index contributed by atoms with van der Waals surface area (Å²) in [6, 6.07) is 9.61. The lowest BCUT2D eigenvalue weighted by molar-refractivity contribution is -0.147. The van der Waals surface area contributed by atoms with Crippen molar-refractivity contribution >= 4 is 5.97 Å². The van der Waals surface area contributed by atoms with Crippen molar-refractivity contribution in [3.8, 4) is 0 Å². The molecule has 0 aliphatic rings. The van der Waals surface area contributed by atoms with Gasteiger partial charge in [0.2, 0.25) is 0 Å². The van der Waals surface area contributed by atoms with Crippen LogP contribution in [0.15, 0.2) is 30.3 Å². The van der Waals surface area contributed by atoms with E-state index in [1.54, 1.807) is 7.11 Å². The van der Waals surface area contributed by atoms with Crippen molar-refractivity contribution in [2.45, 2.75) is 26.1 Å². The van der Waals surface area contributed by atoms with Gasteiger partial charge in [-0.15, -0.1) is 0 Å². The predicted molar refractivity (Wildman–Crippen MR) is 57.3 cm³/mol. The van der Waals surface area contributed by atoms with E-state index in [0.717, 1.165) is 5.56 Å². The molecule has 0 saturated heterocycles. The minimum absolute atomic E-state index is 0.0896. The molecule has 1 unspecified atom stereocenters. The minimum Gasteiger partial charge on any atom is -0.461 e. The van der Waals surface area contributed by atoms with Crippen LogP contribution in [0.2, 0.25) is 0 Å². The zero-order chi connectivity index (χ0) is 11.1. The van der Waals surface area contributed by atoms with Crippen molar-refractivity contribution in [3.63, 3.8) is 0 Å². The highest BCUT2D eigenvalue weighted by Crippen LogP contribution is 2.03. The Bertz CT molecular complexity index is 295. The van der Waals surface area contributed by atoms with Crippen LogP contribution in [0, 0.1) is 0 Å². The summed E-state index contributed by atoms with van der Waals surface area (Å²) in [5, 5.41) is 0. The Morgan fingerprint density at radius 2 is 2.00 bits per heavy atom. The number of esters is 1. The monoisotopic (exact) mass is 208 g/mol. The van der Waals surface area contributed by atoms with Gasteiger partial charge in [0.15, 0.2) is 0 Å². The molecule has 3 nitrogen and oxygen atoms in total. The Morgan fingerprint density at radius 1 is 1.33 bits per heavy atom. The number of carbonyl (C=O) groups is 1. The molecule has 0 fully saturated rings. The average molecular weight is 208 g/mol. The topological polar surface area (TPSA) is 35.5 Å². The van der Waals surface area contributed by atoms with E-state index in [1.165, 1.54) is 0 Å². The van der Waals surface area contributed by atoms with Crippen LogP contribution in [0.4, 0.5) is 0 Å². The van der Waals surface area contributed by atoms with E-state index in [-0.39, 0.29) is 12.1 Å². The third kappa shape index (κ3) is 4.61. The van der Waals surface area contributed by atoms with Gasteiger partial charge in [-0.05, 0) is 12.5 Å². The molecule has 1 atom stereocenters. The van der Waals surface area contributed by atoms with Crippen LogP contribution in [0.3, 0.4) is 0 Å². The Kier molecular flexibility index (Phi) is 4.84. The van der Waals surface area contributed by atoms with Gasteiger partial charge in [0.25, 0.3) is 0 Å². The first-order valence-electron chi connectivity index (χ1n) is 4.94. The molecule has 1 aromatic rings. The fourth-order valence-corrected chi connectivity index (χ4v) is 1.12. The average Bonchev–Trinajstić information content (AvgIpc) is 2.27. The molecule has 0 radical (unpaired) electrons. The Labute approximate surface area is 90.0 Å².